The monoisotopic (exact) mass is 319 g/mol. The van der Waals surface area contributed by atoms with Crippen LogP contribution >= 0.6 is 0 Å². The molecule has 1 aliphatic heterocycles. The van der Waals surface area contributed by atoms with Crippen molar-refractivity contribution in [1.82, 2.24) is 0 Å². The number of rotatable bonds is 3. The lowest BCUT2D eigenvalue weighted by molar-refractivity contribution is -0.137. The van der Waals surface area contributed by atoms with Crippen LogP contribution in [-0.4, -0.2) is 12.6 Å². The van der Waals surface area contributed by atoms with Crippen molar-refractivity contribution in [3.8, 4) is 16.9 Å². The first-order valence-corrected chi connectivity index (χ1v) is 6.96. The number of ether oxygens (including phenoxy) is 1. The van der Waals surface area contributed by atoms with Crippen LogP contribution in [0.15, 0.2) is 47.6 Å². The van der Waals surface area contributed by atoms with Crippen molar-refractivity contribution in [2.75, 3.05) is 6.54 Å². The number of nitrogens with zero attached hydrogens (tertiary/aromatic N) is 3. The third-order valence-electron chi connectivity index (χ3n) is 3.70. The van der Waals surface area contributed by atoms with E-state index in [-0.39, 0.29) is 18.2 Å². The molecular formula is C16H12F3N3O. The predicted molar refractivity (Wildman–Crippen MR) is 79.0 cm³/mol. The molecule has 23 heavy (non-hydrogen) atoms. The van der Waals surface area contributed by atoms with Gasteiger partial charge in [-0.3, -0.25) is 0 Å². The average Bonchev–Trinajstić information content (AvgIpc) is 2.95. The fourth-order valence-electron chi connectivity index (χ4n) is 2.75. The van der Waals surface area contributed by atoms with Crippen molar-refractivity contribution < 1.29 is 17.9 Å². The maximum atomic E-state index is 13.2. The number of azide groups is 1. The van der Waals surface area contributed by atoms with E-state index >= 15 is 0 Å². The lowest BCUT2D eigenvalue weighted by Crippen LogP contribution is -2.16. The zero-order chi connectivity index (χ0) is 16.4. The highest BCUT2D eigenvalue weighted by molar-refractivity contribution is 5.76. The first kappa shape index (κ1) is 15.2. The van der Waals surface area contributed by atoms with Gasteiger partial charge in [-0.05, 0) is 22.7 Å². The van der Waals surface area contributed by atoms with Gasteiger partial charge < -0.3 is 4.74 Å². The van der Waals surface area contributed by atoms with E-state index in [4.69, 9.17) is 10.3 Å². The maximum absolute atomic E-state index is 13.2. The Labute approximate surface area is 130 Å². The molecule has 0 radical (unpaired) electrons. The van der Waals surface area contributed by atoms with Crippen LogP contribution in [0.25, 0.3) is 21.6 Å². The first-order chi connectivity index (χ1) is 11.0. The van der Waals surface area contributed by atoms with Gasteiger partial charge in [0, 0.05) is 16.9 Å². The van der Waals surface area contributed by atoms with Gasteiger partial charge in [0.25, 0.3) is 0 Å². The summed E-state index contributed by atoms with van der Waals surface area (Å²) in [6, 6.07) is 10.5. The van der Waals surface area contributed by atoms with Crippen LogP contribution < -0.4 is 4.74 Å². The minimum Gasteiger partial charge on any atom is -0.489 e. The van der Waals surface area contributed by atoms with Gasteiger partial charge in [-0.2, -0.15) is 13.2 Å². The lowest BCUT2D eigenvalue weighted by Gasteiger charge is -2.15. The molecule has 2 aromatic carbocycles. The van der Waals surface area contributed by atoms with E-state index in [2.05, 4.69) is 10.0 Å². The number of halogens is 3. The second-order valence-corrected chi connectivity index (χ2v) is 5.19. The second-order valence-electron chi connectivity index (χ2n) is 5.19. The van der Waals surface area contributed by atoms with E-state index in [1.54, 1.807) is 18.2 Å². The van der Waals surface area contributed by atoms with Crippen molar-refractivity contribution in [3.63, 3.8) is 0 Å². The number of para-hydroxylation sites is 1. The van der Waals surface area contributed by atoms with Gasteiger partial charge in [-0.15, -0.1) is 0 Å². The Bertz CT molecular complexity index is 782. The molecule has 7 heteroatoms. The smallest absolute Gasteiger partial charge is 0.417 e. The number of benzene rings is 2. The van der Waals surface area contributed by atoms with Crippen LogP contribution in [0.5, 0.6) is 5.75 Å². The molecule has 0 N–H and O–H groups in total. The topological polar surface area (TPSA) is 58.0 Å². The molecule has 118 valence electrons. The Balaban J connectivity index is 2.05. The number of hydrogen-bond acceptors (Lipinski definition) is 2. The van der Waals surface area contributed by atoms with Crippen LogP contribution in [0.3, 0.4) is 0 Å². The number of hydrogen-bond donors (Lipinski definition) is 0. The summed E-state index contributed by atoms with van der Waals surface area (Å²) in [4.78, 5) is 2.69. The highest BCUT2D eigenvalue weighted by Crippen LogP contribution is 2.43. The van der Waals surface area contributed by atoms with Gasteiger partial charge >= 0.3 is 6.18 Å². The third kappa shape index (κ3) is 2.96. The SMILES string of the molecule is [N-]=[N+]=NCC1Cc2cccc(-c3ccccc3C(F)(F)F)c2O1. The Morgan fingerprint density at radius 2 is 1.87 bits per heavy atom. The zero-order valence-corrected chi connectivity index (χ0v) is 11.9. The number of fused-ring (bicyclic) bond motifs is 1. The molecule has 3 rings (SSSR count). The molecule has 0 aromatic heterocycles. The maximum Gasteiger partial charge on any atom is 0.417 e. The van der Waals surface area contributed by atoms with Crippen molar-refractivity contribution in [1.29, 1.82) is 0 Å². The van der Waals surface area contributed by atoms with Crippen LogP contribution in [-0.2, 0) is 12.6 Å². The Hall–Kier alpha value is -2.66. The highest BCUT2D eigenvalue weighted by Gasteiger charge is 2.35. The van der Waals surface area contributed by atoms with E-state index < -0.39 is 11.7 Å². The summed E-state index contributed by atoms with van der Waals surface area (Å²) in [6.07, 6.45) is -4.28. The molecule has 1 heterocycles. The number of alkyl halides is 3. The van der Waals surface area contributed by atoms with Gasteiger partial charge in [0.15, 0.2) is 0 Å². The summed E-state index contributed by atoms with van der Waals surface area (Å²) >= 11 is 0. The summed E-state index contributed by atoms with van der Waals surface area (Å²) in [5.74, 6) is 0.433. The molecular weight excluding hydrogens is 307 g/mol. The van der Waals surface area contributed by atoms with Gasteiger partial charge in [-0.25, -0.2) is 0 Å². The highest BCUT2D eigenvalue weighted by atomic mass is 19.4. The van der Waals surface area contributed by atoms with Gasteiger partial charge in [0.1, 0.15) is 11.9 Å². The Morgan fingerprint density at radius 1 is 1.13 bits per heavy atom. The minimum atomic E-state index is -4.44. The van der Waals surface area contributed by atoms with E-state index in [9.17, 15) is 13.2 Å². The third-order valence-corrected chi connectivity index (χ3v) is 3.70. The molecule has 0 aliphatic carbocycles. The second kappa shape index (κ2) is 5.85. The van der Waals surface area contributed by atoms with E-state index in [0.29, 0.717) is 17.7 Å². The normalized spacial score (nSPS) is 16.4. The van der Waals surface area contributed by atoms with E-state index in [1.807, 2.05) is 6.07 Å². The fraction of sp³-hybridized carbons (Fsp3) is 0.250. The van der Waals surface area contributed by atoms with Crippen LogP contribution in [0, 0.1) is 0 Å². The summed E-state index contributed by atoms with van der Waals surface area (Å²) in [6.45, 7) is 0.144. The van der Waals surface area contributed by atoms with Gasteiger partial charge in [0.05, 0.1) is 12.1 Å². The minimum absolute atomic E-state index is 0.0845. The molecule has 1 atom stereocenters. The van der Waals surface area contributed by atoms with Gasteiger partial charge in [0.2, 0.25) is 0 Å². The van der Waals surface area contributed by atoms with Crippen molar-refractivity contribution >= 4 is 0 Å². The molecule has 4 nitrogen and oxygen atoms in total. The lowest BCUT2D eigenvalue weighted by atomic mass is 9.96. The van der Waals surface area contributed by atoms with Crippen LogP contribution in [0.2, 0.25) is 0 Å². The Kier molecular flexibility index (Phi) is 3.88. The van der Waals surface area contributed by atoms with E-state index in [0.717, 1.165) is 11.6 Å². The standard InChI is InChI=1S/C16H12F3N3O/c17-16(18,19)14-7-2-1-5-12(14)13-6-3-4-10-8-11(9-21-22-20)23-15(10)13/h1-7,11H,8-9H2. The Morgan fingerprint density at radius 3 is 2.61 bits per heavy atom. The molecule has 0 spiro atoms. The average molecular weight is 319 g/mol. The molecule has 0 bridgehead atoms. The predicted octanol–water partition coefficient (Wildman–Crippen LogP) is 4.99. The molecule has 1 aliphatic rings. The largest absolute Gasteiger partial charge is 0.489 e. The van der Waals surface area contributed by atoms with Crippen molar-refractivity contribution in [3.05, 3.63) is 64.0 Å². The molecule has 1 unspecified atom stereocenters. The van der Waals surface area contributed by atoms with Gasteiger partial charge in [-0.1, -0.05) is 41.5 Å². The van der Waals surface area contributed by atoms with Crippen molar-refractivity contribution in [2.24, 2.45) is 5.11 Å². The first-order valence-electron chi connectivity index (χ1n) is 6.96. The van der Waals surface area contributed by atoms with Crippen LogP contribution in [0.4, 0.5) is 13.2 Å². The summed E-state index contributed by atoms with van der Waals surface area (Å²) in [5.41, 5.74) is 8.98. The molecule has 2 aromatic rings. The zero-order valence-electron chi connectivity index (χ0n) is 11.9. The summed E-state index contributed by atoms with van der Waals surface area (Å²) in [5, 5.41) is 3.47. The fourth-order valence-corrected chi connectivity index (χ4v) is 2.75. The van der Waals surface area contributed by atoms with E-state index in [1.165, 1.54) is 12.1 Å². The summed E-state index contributed by atoms with van der Waals surface area (Å²) < 4.78 is 45.4. The van der Waals surface area contributed by atoms with Crippen LogP contribution in [0.1, 0.15) is 11.1 Å². The molecule has 0 amide bonds. The molecule has 0 saturated carbocycles. The molecule has 0 fully saturated rings. The summed E-state index contributed by atoms with van der Waals surface area (Å²) in [7, 11) is 0. The quantitative estimate of drug-likeness (QED) is 0.447. The van der Waals surface area contributed by atoms with Crippen molar-refractivity contribution in [2.45, 2.75) is 18.7 Å². The molecule has 0 saturated heterocycles.